The average molecular weight is 297 g/mol. The van der Waals surface area contributed by atoms with Crippen LogP contribution in [0, 0.1) is 6.92 Å². The molecule has 0 atom stereocenters. The molecule has 0 aliphatic heterocycles. The Balaban J connectivity index is 1.95. The van der Waals surface area contributed by atoms with Gasteiger partial charge in [0.2, 0.25) is 15.9 Å². The van der Waals surface area contributed by atoms with Gasteiger partial charge in [0.05, 0.1) is 5.69 Å². The second-order valence-electron chi connectivity index (χ2n) is 4.98. The minimum absolute atomic E-state index is 0.0641. The molecule has 1 fully saturated rings. The number of aryl methyl sites for hydroxylation is 1. The first-order valence-corrected chi connectivity index (χ1v) is 8.02. The van der Waals surface area contributed by atoms with E-state index in [1.54, 1.807) is 25.1 Å². The summed E-state index contributed by atoms with van der Waals surface area (Å²) in [6.45, 7) is 1.75. The maximum absolute atomic E-state index is 12.2. The number of benzene rings is 1. The zero-order valence-electron chi connectivity index (χ0n) is 11.3. The fourth-order valence-electron chi connectivity index (χ4n) is 1.94. The van der Waals surface area contributed by atoms with Gasteiger partial charge in [-0.1, -0.05) is 12.1 Å². The molecule has 2 rings (SSSR count). The van der Waals surface area contributed by atoms with Gasteiger partial charge in [-0.05, 0) is 31.4 Å². The molecule has 1 aliphatic rings. The van der Waals surface area contributed by atoms with E-state index in [0.717, 1.165) is 12.8 Å². The minimum Gasteiger partial charge on any atom is -0.398 e. The van der Waals surface area contributed by atoms with Gasteiger partial charge < -0.3 is 11.1 Å². The molecule has 0 unspecified atom stereocenters. The number of amides is 1. The Kier molecular flexibility index (Phi) is 4.29. The predicted octanol–water partition coefficient (Wildman–Crippen LogP) is 0.524. The summed E-state index contributed by atoms with van der Waals surface area (Å²) in [6, 6.07) is 5.21. The van der Waals surface area contributed by atoms with Crippen LogP contribution in [0.25, 0.3) is 0 Å². The standard InChI is InChI=1S/C13H19N3O3S/c1-9-3-2-4-11(14)13(9)20(18,19)15-8-7-12(17)16-10-5-6-10/h2-4,10,15H,5-8,14H2,1H3,(H,16,17). The molecule has 1 amide bonds. The van der Waals surface area contributed by atoms with Crippen LogP contribution in [0.1, 0.15) is 24.8 Å². The third-order valence-corrected chi connectivity index (χ3v) is 4.78. The molecule has 1 saturated carbocycles. The lowest BCUT2D eigenvalue weighted by Crippen LogP contribution is -2.32. The Morgan fingerprint density at radius 1 is 1.40 bits per heavy atom. The van der Waals surface area contributed by atoms with Gasteiger partial charge in [0.15, 0.2) is 0 Å². The Bertz CT molecular complexity index is 589. The lowest BCUT2D eigenvalue weighted by Gasteiger charge is -2.11. The molecular weight excluding hydrogens is 278 g/mol. The molecule has 0 spiro atoms. The van der Waals surface area contributed by atoms with Crippen LogP contribution in [-0.4, -0.2) is 26.9 Å². The molecule has 0 aromatic heterocycles. The number of nitrogens with one attached hydrogen (secondary N) is 2. The van der Waals surface area contributed by atoms with Crippen molar-refractivity contribution in [3.05, 3.63) is 23.8 Å². The van der Waals surface area contributed by atoms with E-state index in [1.807, 2.05) is 0 Å². The molecule has 0 radical (unpaired) electrons. The third-order valence-electron chi connectivity index (χ3n) is 3.10. The van der Waals surface area contributed by atoms with E-state index in [1.165, 1.54) is 0 Å². The third kappa shape index (κ3) is 3.71. The van der Waals surface area contributed by atoms with Gasteiger partial charge in [-0.2, -0.15) is 0 Å². The van der Waals surface area contributed by atoms with Crippen molar-refractivity contribution in [1.82, 2.24) is 10.0 Å². The zero-order valence-corrected chi connectivity index (χ0v) is 12.2. The maximum atomic E-state index is 12.2. The summed E-state index contributed by atoms with van der Waals surface area (Å²) in [6.07, 6.45) is 2.15. The summed E-state index contributed by atoms with van der Waals surface area (Å²) in [5.41, 5.74) is 6.51. The Morgan fingerprint density at radius 3 is 2.70 bits per heavy atom. The number of carbonyl (C=O) groups excluding carboxylic acids is 1. The largest absolute Gasteiger partial charge is 0.398 e. The monoisotopic (exact) mass is 297 g/mol. The molecule has 0 bridgehead atoms. The number of carbonyl (C=O) groups is 1. The smallest absolute Gasteiger partial charge is 0.242 e. The molecule has 0 heterocycles. The Morgan fingerprint density at radius 2 is 2.10 bits per heavy atom. The SMILES string of the molecule is Cc1cccc(N)c1S(=O)(=O)NCCC(=O)NC1CC1. The summed E-state index contributed by atoms with van der Waals surface area (Å²) in [5, 5.41) is 2.80. The van der Waals surface area contributed by atoms with Crippen molar-refractivity contribution in [1.29, 1.82) is 0 Å². The predicted molar refractivity (Wildman–Crippen MR) is 76.6 cm³/mol. The van der Waals surface area contributed by atoms with E-state index in [-0.39, 0.29) is 35.5 Å². The number of hydrogen-bond acceptors (Lipinski definition) is 4. The zero-order chi connectivity index (χ0) is 14.8. The molecule has 1 aromatic rings. The highest BCUT2D eigenvalue weighted by atomic mass is 32.2. The highest BCUT2D eigenvalue weighted by Gasteiger charge is 2.24. The number of sulfonamides is 1. The van der Waals surface area contributed by atoms with Crippen LogP contribution in [0.3, 0.4) is 0 Å². The number of nitrogens with two attached hydrogens (primary N) is 1. The van der Waals surface area contributed by atoms with Gasteiger partial charge >= 0.3 is 0 Å². The molecule has 1 aliphatic carbocycles. The van der Waals surface area contributed by atoms with Crippen molar-refractivity contribution < 1.29 is 13.2 Å². The van der Waals surface area contributed by atoms with Crippen molar-refractivity contribution >= 4 is 21.6 Å². The summed E-state index contributed by atoms with van der Waals surface area (Å²) >= 11 is 0. The van der Waals surface area contributed by atoms with Crippen LogP contribution in [0.2, 0.25) is 0 Å². The normalized spacial score (nSPS) is 15.1. The lowest BCUT2D eigenvalue weighted by molar-refractivity contribution is -0.121. The number of rotatable bonds is 6. The summed E-state index contributed by atoms with van der Waals surface area (Å²) < 4.78 is 26.7. The topological polar surface area (TPSA) is 101 Å². The van der Waals surface area contributed by atoms with E-state index in [4.69, 9.17) is 5.73 Å². The van der Waals surface area contributed by atoms with E-state index in [9.17, 15) is 13.2 Å². The van der Waals surface area contributed by atoms with Gasteiger partial charge in [0.25, 0.3) is 0 Å². The first-order valence-electron chi connectivity index (χ1n) is 6.54. The van der Waals surface area contributed by atoms with Gasteiger partial charge in [-0.3, -0.25) is 4.79 Å². The van der Waals surface area contributed by atoms with Gasteiger partial charge in [-0.15, -0.1) is 0 Å². The fraction of sp³-hybridized carbons (Fsp3) is 0.462. The summed E-state index contributed by atoms with van der Waals surface area (Å²) in [5.74, 6) is -0.132. The highest BCUT2D eigenvalue weighted by Crippen LogP contribution is 2.22. The summed E-state index contributed by atoms with van der Waals surface area (Å²) in [7, 11) is -3.69. The van der Waals surface area contributed by atoms with Gasteiger partial charge in [-0.25, -0.2) is 13.1 Å². The van der Waals surface area contributed by atoms with Crippen LogP contribution >= 0.6 is 0 Å². The second kappa shape index (κ2) is 5.80. The average Bonchev–Trinajstić information content (AvgIpc) is 3.11. The van der Waals surface area contributed by atoms with E-state index in [0.29, 0.717) is 5.56 Å². The number of nitrogen functional groups attached to an aromatic ring is 1. The maximum Gasteiger partial charge on any atom is 0.242 e. The molecule has 110 valence electrons. The second-order valence-corrected chi connectivity index (χ2v) is 6.69. The molecule has 7 heteroatoms. The van der Waals surface area contributed by atoms with Crippen molar-refractivity contribution in [3.8, 4) is 0 Å². The number of hydrogen-bond donors (Lipinski definition) is 3. The molecule has 6 nitrogen and oxygen atoms in total. The lowest BCUT2D eigenvalue weighted by atomic mass is 10.2. The molecular formula is C13H19N3O3S. The Labute approximate surface area is 118 Å². The van der Waals surface area contributed by atoms with Crippen LogP contribution in [0.4, 0.5) is 5.69 Å². The van der Waals surface area contributed by atoms with Crippen LogP contribution < -0.4 is 15.8 Å². The van der Waals surface area contributed by atoms with E-state index >= 15 is 0 Å². The first-order chi connectivity index (χ1) is 9.40. The van der Waals surface area contributed by atoms with Crippen molar-refractivity contribution in [2.45, 2.75) is 37.1 Å². The molecule has 1 aromatic carbocycles. The van der Waals surface area contributed by atoms with Crippen LogP contribution in [0.5, 0.6) is 0 Å². The van der Waals surface area contributed by atoms with Crippen molar-refractivity contribution in [2.75, 3.05) is 12.3 Å². The van der Waals surface area contributed by atoms with Crippen LogP contribution in [0.15, 0.2) is 23.1 Å². The van der Waals surface area contributed by atoms with Gasteiger partial charge in [0.1, 0.15) is 4.90 Å². The fourth-order valence-corrected chi connectivity index (χ4v) is 3.33. The quantitative estimate of drug-likeness (QED) is 0.666. The molecule has 20 heavy (non-hydrogen) atoms. The van der Waals surface area contributed by atoms with Crippen molar-refractivity contribution in [3.63, 3.8) is 0 Å². The van der Waals surface area contributed by atoms with E-state index in [2.05, 4.69) is 10.0 Å². The molecule has 0 saturated heterocycles. The Hall–Kier alpha value is -1.60. The first kappa shape index (κ1) is 14.8. The summed E-state index contributed by atoms with van der Waals surface area (Å²) in [4.78, 5) is 11.6. The van der Waals surface area contributed by atoms with Crippen LogP contribution in [-0.2, 0) is 14.8 Å². The van der Waals surface area contributed by atoms with E-state index < -0.39 is 10.0 Å². The minimum atomic E-state index is -3.69. The highest BCUT2D eigenvalue weighted by molar-refractivity contribution is 7.89. The number of anilines is 1. The van der Waals surface area contributed by atoms with Crippen molar-refractivity contribution in [2.24, 2.45) is 0 Å². The van der Waals surface area contributed by atoms with Gasteiger partial charge in [0, 0.05) is 19.0 Å². The molecule has 4 N–H and O–H groups in total.